The summed E-state index contributed by atoms with van der Waals surface area (Å²) in [6.07, 6.45) is 1.73. The van der Waals surface area contributed by atoms with Crippen LogP contribution in [0.4, 0.5) is 5.69 Å². The van der Waals surface area contributed by atoms with E-state index in [-0.39, 0.29) is 0 Å². The van der Waals surface area contributed by atoms with Crippen molar-refractivity contribution < 1.29 is 9.47 Å². The van der Waals surface area contributed by atoms with Crippen molar-refractivity contribution in [1.82, 2.24) is 4.98 Å². The molecule has 4 nitrogen and oxygen atoms in total. The zero-order valence-corrected chi connectivity index (χ0v) is 11.5. The van der Waals surface area contributed by atoms with Gasteiger partial charge in [0.05, 0.1) is 18.5 Å². The molecule has 0 amide bonds. The van der Waals surface area contributed by atoms with Gasteiger partial charge in [0.1, 0.15) is 18.1 Å². The second-order valence-corrected chi connectivity index (χ2v) is 4.58. The van der Waals surface area contributed by atoms with Gasteiger partial charge >= 0.3 is 0 Å². The van der Waals surface area contributed by atoms with Crippen molar-refractivity contribution >= 4 is 21.6 Å². The lowest BCUT2D eigenvalue weighted by Crippen LogP contribution is -2.00. The molecule has 94 valence electrons. The summed E-state index contributed by atoms with van der Waals surface area (Å²) < 4.78 is 11.7. The fourth-order valence-corrected chi connectivity index (χ4v) is 1.64. The predicted molar refractivity (Wildman–Crippen MR) is 73.7 cm³/mol. The number of methoxy groups -OCH3 is 1. The van der Waals surface area contributed by atoms with Crippen LogP contribution < -0.4 is 15.2 Å². The number of pyridine rings is 1. The first kappa shape index (κ1) is 12.7. The maximum Gasteiger partial charge on any atom is 0.146 e. The maximum atomic E-state index is 5.82. The van der Waals surface area contributed by atoms with Gasteiger partial charge in [0.2, 0.25) is 0 Å². The highest BCUT2D eigenvalue weighted by Crippen LogP contribution is 2.27. The molecule has 2 N–H and O–H groups in total. The third kappa shape index (κ3) is 3.13. The van der Waals surface area contributed by atoms with Crippen molar-refractivity contribution in [3.05, 3.63) is 46.7 Å². The van der Waals surface area contributed by atoms with Gasteiger partial charge in [-0.1, -0.05) is 0 Å². The van der Waals surface area contributed by atoms with Gasteiger partial charge in [-0.15, -0.1) is 0 Å². The van der Waals surface area contributed by atoms with Crippen LogP contribution in [0.3, 0.4) is 0 Å². The third-order valence-electron chi connectivity index (χ3n) is 2.38. The number of hydrogen-bond acceptors (Lipinski definition) is 4. The van der Waals surface area contributed by atoms with Crippen molar-refractivity contribution in [1.29, 1.82) is 0 Å². The lowest BCUT2D eigenvalue weighted by atomic mass is 10.3. The second kappa shape index (κ2) is 5.73. The van der Waals surface area contributed by atoms with Gasteiger partial charge in [0, 0.05) is 16.7 Å². The van der Waals surface area contributed by atoms with Crippen molar-refractivity contribution in [2.45, 2.75) is 6.61 Å². The van der Waals surface area contributed by atoms with Gasteiger partial charge < -0.3 is 15.2 Å². The van der Waals surface area contributed by atoms with E-state index in [1.807, 2.05) is 12.1 Å². The SMILES string of the molecule is COc1ccc(N)c(OCc2ccc(Br)cn2)c1. The number of rotatable bonds is 4. The summed E-state index contributed by atoms with van der Waals surface area (Å²) in [5.41, 5.74) is 7.23. The highest BCUT2D eigenvalue weighted by atomic mass is 79.9. The maximum absolute atomic E-state index is 5.82. The quantitative estimate of drug-likeness (QED) is 0.882. The fraction of sp³-hybridized carbons (Fsp3) is 0.154. The van der Waals surface area contributed by atoms with Crippen LogP contribution in [0.25, 0.3) is 0 Å². The van der Waals surface area contributed by atoms with E-state index >= 15 is 0 Å². The minimum Gasteiger partial charge on any atom is -0.497 e. The van der Waals surface area contributed by atoms with E-state index in [0.717, 1.165) is 10.2 Å². The molecule has 0 atom stereocenters. The van der Waals surface area contributed by atoms with Crippen molar-refractivity contribution in [2.24, 2.45) is 0 Å². The number of nitrogens with two attached hydrogens (primary N) is 1. The molecule has 2 aromatic rings. The summed E-state index contributed by atoms with van der Waals surface area (Å²) in [5.74, 6) is 1.31. The van der Waals surface area contributed by atoms with Gasteiger partial charge in [0.15, 0.2) is 0 Å². The molecule has 1 aromatic carbocycles. The molecule has 0 fully saturated rings. The zero-order chi connectivity index (χ0) is 13.0. The summed E-state index contributed by atoms with van der Waals surface area (Å²) >= 11 is 3.33. The normalized spacial score (nSPS) is 10.1. The van der Waals surface area contributed by atoms with Crippen LogP contribution in [-0.2, 0) is 6.61 Å². The van der Waals surface area contributed by atoms with Crippen LogP contribution >= 0.6 is 15.9 Å². The summed E-state index contributed by atoms with van der Waals surface area (Å²) in [4.78, 5) is 4.22. The molecule has 0 aliphatic rings. The van der Waals surface area contributed by atoms with E-state index in [9.17, 15) is 0 Å². The Morgan fingerprint density at radius 1 is 1.28 bits per heavy atom. The Morgan fingerprint density at radius 2 is 2.11 bits per heavy atom. The largest absolute Gasteiger partial charge is 0.497 e. The number of benzene rings is 1. The van der Waals surface area contributed by atoms with Gasteiger partial charge in [-0.25, -0.2) is 0 Å². The first-order valence-corrected chi connectivity index (χ1v) is 6.15. The summed E-state index contributed by atoms with van der Waals surface area (Å²) in [6.45, 7) is 0.366. The Hall–Kier alpha value is -1.75. The molecule has 0 spiro atoms. The highest BCUT2D eigenvalue weighted by Gasteiger charge is 2.04. The van der Waals surface area contributed by atoms with Gasteiger partial charge in [0.25, 0.3) is 0 Å². The van der Waals surface area contributed by atoms with E-state index in [2.05, 4.69) is 20.9 Å². The Balaban J connectivity index is 2.07. The number of aromatic nitrogens is 1. The monoisotopic (exact) mass is 308 g/mol. The van der Waals surface area contributed by atoms with Gasteiger partial charge in [-0.05, 0) is 40.2 Å². The second-order valence-electron chi connectivity index (χ2n) is 3.66. The molecule has 0 bridgehead atoms. The van der Waals surface area contributed by atoms with Crippen LogP contribution in [0.5, 0.6) is 11.5 Å². The van der Waals surface area contributed by atoms with E-state index in [1.54, 1.807) is 31.5 Å². The van der Waals surface area contributed by atoms with Crippen molar-refractivity contribution in [3.63, 3.8) is 0 Å². The number of anilines is 1. The van der Waals surface area contributed by atoms with Crippen molar-refractivity contribution in [3.8, 4) is 11.5 Å². The van der Waals surface area contributed by atoms with Crippen LogP contribution in [0.1, 0.15) is 5.69 Å². The Labute approximate surface area is 114 Å². The molecule has 5 heteroatoms. The molecule has 18 heavy (non-hydrogen) atoms. The summed E-state index contributed by atoms with van der Waals surface area (Å²) in [5, 5.41) is 0. The van der Waals surface area contributed by atoms with E-state index < -0.39 is 0 Å². The lowest BCUT2D eigenvalue weighted by molar-refractivity contribution is 0.300. The molecule has 0 unspecified atom stereocenters. The van der Waals surface area contributed by atoms with Gasteiger partial charge in [-0.3, -0.25) is 4.98 Å². The van der Waals surface area contributed by atoms with Crippen LogP contribution in [0.2, 0.25) is 0 Å². The topological polar surface area (TPSA) is 57.4 Å². The minimum absolute atomic E-state index is 0.366. The summed E-state index contributed by atoms with van der Waals surface area (Å²) in [6, 6.07) is 9.11. The summed E-state index contributed by atoms with van der Waals surface area (Å²) in [7, 11) is 1.60. The molecular weight excluding hydrogens is 296 g/mol. The molecule has 2 rings (SSSR count). The van der Waals surface area contributed by atoms with Crippen LogP contribution in [0.15, 0.2) is 41.0 Å². The molecule has 1 heterocycles. The number of nitrogen functional groups attached to an aromatic ring is 1. The predicted octanol–water partition coefficient (Wildman–Crippen LogP) is 3.01. The van der Waals surface area contributed by atoms with Crippen LogP contribution in [-0.4, -0.2) is 12.1 Å². The molecule has 0 saturated carbocycles. The lowest BCUT2D eigenvalue weighted by Gasteiger charge is -2.10. The Kier molecular flexibility index (Phi) is 4.04. The highest BCUT2D eigenvalue weighted by molar-refractivity contribution is 9.10. The van der Waals surface area contributed by atoms with E-state index in [4.69, 9.17) is 15.2 Å². The number of nitrogens with zero attached hydrogens (tertiary/aromatic N) is 1. The fourth-order valence-electron chi connectivity index (χ4n) is 1.41. The molecule has 0 aliphatic heterocycles. The molecule has 0 radical (unpaired) electrons. The average molecular weight is 309 g/mol. The van der Waals surface area contributed by atoms with E-state index in [0.29, 0.717) is 23.8 Å². The Bertz CT molecular complexity index is 529. The zero-order valence-electron chi connectivity index (χ0n) is 9.89. The minimum atomic E-state index is 0.366. The number of hydrogen-bond donors (Lipinski definition) is 1. The third-order valence-corrected chi connectivity index (χ3v) is 2.85. The van der Waals surface area contributed by atoms with E-state index in [1.165, 1.54) is 0 Å². The standard InChI is InChI=1S/C13H13BrN2O2/c1-17-11-4-5-12(15)13(6-11)18-8-10-3-2-9(14)7-16-10/h2-7H,8,15H2,1H3. The first-order chi connectivity index (χ1) is 8.69. The molecule has 0 saturated heterocycles. The van der Waals surface area contributed by atoms with Crippen molar-refractivity contribution in [2.75, 3.05) is 12.8 Å². The number of ether oxygens (including phenoxy) is 2. The van der Waals surface area contributed by atoms with Crippen LogP contribution in [0, 0.1) is 0 Å². The molecule has 0 aliphatic carbocycles. The molecule has 1 aromatic heterocycles. The smallest absolute Gasteiger partial charge is 0.146 e. The molecular formula is C13H13BrN2O2. The van der Waals surface area contributed by atoms with Gasteiger partial charge in [-0.2, -0.15) is 0 Å². The average Bonchev–Trinajstić information content (AvgIpc) is 2.40. The Morgan fingerprint density at radius 3 is 2.78 bits per heavy atom. The number of halogens is 1. The first-order valence-electron chi connectivity index (χ1n) is 5.36.